The molecular formula is C9H19NO2. The van der Waals surface area contributed by atoms with Crippen LogP contribution >= 0.6 is 0 Å². The largest absolute Gasteiger partial charge is 0.390 e. The minimum atomic E-state index is -0.507. The van der Waals surface area contributed by atoms with Crippen LogP contribution < -0.4 is 5.73 Å². The molecule has 0 radical (unpaired) electrons. The number of nitrogens with two attached hydrogens (primary N) is 1. The van der Waals surface area contributed by atoms with Gasteiger partial charge in [0.2, 0.25) is 0 Å². The lowest BCUT2D eigenvalue weighted by atomic mass is 9.97. The molecule has 0 aromatic rings. The summed E-state index contributed by atoms with van der Waals surface area (Å²) < 4.78 is 0. The zero-order valence-electron chi connectivity index (χ0n) is 7.45. The predicted octanol–water partition coefficient (Wildman–Crippen LogP) is 0.247. The van der Waals surface area contributed by atoms with Gasteiger partial charge in [0.25, 0.3) is 0 Å². The van der Waals surface area contributed by atoms with Crippen LogP contribution in [0.15, 0.2) is 0 Å². The van der Waals surface area contributed by atoms with Gasteiger partial charge in [-0.15, -0.1) is 0 Å². The van der Waals surface area contributed by atoms with Gasteiger partial charge in [0.15, 0.2) is 0 Å². The van der Waals surface area contributed by atoms with Crippen molar-refractivity contribution in [3.8, 4) is 0 Å². The number of hydrogen-bond acceptors (Lipinski definition) is 3. The van der Waals surface area contributed by atoms with Crippen LogP contribution in [0, 0.1) is 5.92 Å². The van der Waals surface area contributed by atoms with Crippen molar-refractivity contribution in [2.45, 2.75) is 44.3 Å². The van der Waals surface area contributed by atoms with Crippen LogP contribution in [0.25, 0.3) is 0 Å². The summed E-state index contributed by atoms with van der Waals surface area (Å²) in [5.41, 5.74) is 5.45. The molecular weight excluding hydrogens is 154 g/mol. The molecule has 0 heterocycles. The quantitative estimate of drug-likeness (QED) is 0.524. The van der Waals surface area contributed by atoms with E-state index in [2.05, 4.69) is 0 Å². The number of rotatable bonds is 2. The number of aliphatic hydroxyl groups excluding tert-OH is 2. The second kappa shape index (κ2) is 4.80. The van der Waals surface area contributed by atoms with E-state index < -0.39 is 12.2 Å². The Morgan fingerprint density at radius 2 is 1.50 bits per heavy atom. The first-order chi connectivity index (χ1) is 5.74. The average Bonchev–Trinajstić information content (AvgIpc) is 2.20. The highest BCUT2D eigenvalue weighted by atomic mass is 16.3. The summed E-state index contributed by atoms with van der Waals surface area (Å²) in [6, 6.07) is 0. The highest BCUT2D eigenvalue weighted by Crippen LogP contribution is 2.25. The smallest absolute Gasteiger partial charge is 0.0799 e. The van der Waals surface area contributed by atoms with E-state index in [0.717, 1.165) is 38.6 Å². The van der Waals surface area contributed by atoms with E-state index >= 15 is 0 Å². The van der Waals surface area contributed by atoms with Crippen molar-refractivity contribution in [3.05, 3.63) is 0 Å². The Balaban J connectivity index is 2.33. The van der Waals surface area contributed by atoms with Crippen molar-refractivity contribution in [1.29, 1.82) is 0 Å². The molecule has 1 saturated carbocycles. The Morgan fingerprint density at radius 3 is 1.92 bits per heavy atom. The van der Waals surface area contributed by atoms with Crippen molar-refractivity contribution < 1.29 is 10.2 Å². The van der Waals surface area contributed by atoms with Crippen LogP contribution in [-0.2, 0) is 0 Å². The summed E-state index contributed by atoms with van der Waals surface area (Å²) in [5, 5.41) is 18.7. The molecule has 0 bridgehead atoms. The molecule has 3 heteroatoms. The molecule has 2 atom stereocenters. The molecule has 72 valence electrons. The Kier molecular flexibility index (Phi) is 3.98. The van der Waals surface area contributed by atoms with E-state index in [9.17, 15) is 10.2 Å². The minimum absolute atomic E-state index is 0.507. The molecule has 0 amide bonds. The lowest BCUT2D eigenvalue weighted by molar-refractivity contribution is 0.0157. The Hall–Kier alpha value is -0.120. The zero-order valence-corrected chi connectivity index (χ0v) is 7.45. The molecule has 0 aromatic heterocycles. The summed E-state index contributed by atoms with van der Waals surface area (Å²) in [4.78, 5) is 0. The number of aliphatic hydroxyl groups is 2. The maximum atomic E-state index is 9.36. The maximum absolute atomic E-state index is 9.36. The molecule has 4 N–H and O–H groups in total. The summed E-state index contributed by atoms with van der Waals surface area (Å²) in [5.74, 6) is 0.613. The molecule has 1 rings (SSSR count). The van der Waals surface area contributed by atoms with E-state index in [0.29, 0.717) is 5.92 Å². The first kappa shape index (κ1) is 9.96. The first-order valence-corrected chi connectivity index (χ1v) is 4.80. The Labute approximate surface area is 73.6 Å². The third kappa shape index (κ3) is 2.73. The third-order valence-electron chi connectivity index (χ3n) is 2.76. The van der Waals surface area contributed by atoms with Crippen molar-refractivity contribution >= 4 is 0 Å². The molecule has 0 aliphatic heterocycles. The van der Waals surface area contributed by atoms with Crippen molar-refractivity contribution in [2.24, 2.45) is 11.7 Å². The zero-order chi connectivity index (χ0) is 8.97. The van der Waals surface area contributed by atoms with Gasteiger partial charge in [-0.2, -0.15) is 0 Å². The lowest BCUT2D eigenvalue weighted by Crippen LogP contribution is -2.23. The van der Waals surface area contributed by atoms with Crippen LogP contribution in [0.4, 0.5) is 0 Å². The van der Waals surface area contributed by atoms with Crippen molar-refractivity contribution in [1.82, 2.24) is 0 Å². The van der Waals surface area contributed by atoms with Crippen LogP contribution in [0.1, 0.15) is 32.1 Å². The van der Waals surface area contributed by atoms with Crippen LogP contribution in [0.3, 0.4) is 0 Å². The van der Waals surface area contributed by atoms with Gasteiger partial charge in [0.1, 0.15) is 0 Å². The molecule has 0 saturated heterocycles. The fraction of sp³-hybridized carbons (Fsp3) is 1.00. The predicted molar refractivity (Wildman–Crippen MR) is 47.6 cm³/mol. The summed E-state index contributed by atoms with van der Waals surface area (Å²) in [6.45, 7) is 0.719. The van der Waals surface area contributed by atoms with Crippen LogP contribution in [0.2, 0.25) is 0 Å². The molecule has 1 aliphatic carbocycles. The van der Waals surface area contributed by atoms with Gasteiger partial charge in [-0.1, -0.05) is 0 Å². The molecule has 2 unspecified atom stereocenters. The highest BCUT2D eigenvalue weighted by Gasteiger charge is 2.23. The molecule has 0 aromatic carbocycles. The molecule has 1 fully saturated rings. The van der Waals surface area contributed by atoms with Gasteiger partial charge in [0.05, 0.1) is 12.2 Å². The highest BCUT2D eigenvalue weighted by molar-refractivity contribution is 4.76. The second-order valence-electron chi connectivity index (χ2n) is 3.73. The van der Waals surface area contributed by atoms with Gasteiger partial charge in [-0.3, -0.25) is 0 Å². The first-order valence-electron chi connectivity index (χ1n) is 4.80. The van der Waals surface area contributed by atoms with Gasteiger partial charge in [-0.25, -0.2) is 0 Å². The summed E-state index contributed by atoms with van der Waals surface area (Å²) >= 11 is 0. The summed E-state index contributed by atoms with van der Waals surface area (Å²) in [7, 11) is 0. The van der Waals surface area contributed by atoms with Crippen LogP contribution in [-0.4, -0.2) is 29.0 Å². The average molecular weight is 173 g/mol. The van der Waals surface area contributed by atoms with Crippen LogP contribution in [0.5, 0.6) is 0 Å². The van der Waals surface area contributed by atoms with Gasteiger partial charge in [0, 0.05) is 0 Å². The van der Waals surface area contributed by atoms with Gasteiger partial charge >= 0.3 is 0 Å². The van der Waals surface area contributed by atoms with E-state index in [-0.39, 0.29) is 0 Å². The van der Waals surface area contributed by atoms with Gasteiger partial charge < -0.3 is 15.9 Å². The topological polar surface area (TPSA) is 66.5 Å². The van der Waals surface area contributed by atoms with Crippen molar-refractivity contribution in [2.75, 3.05) is 6.54 Å². The standard InChI is InChI=1S/C9H19NO2/c10-6-5-7-1-3-8(11)9(12)4-2-7/h7-9,11-12H,1-6,10H2. The molecule has 3 nitrogen and oxygen atoms in total. The molecule has 0 spiro atoms. The SMILES string of the molecule is NCCC1CCC(O)C(O)CC1. The van der Waals surface area contributed by atoms with E-state index in [4.69, 9.17) is 5.73 Å². The lowest BCUT2D eigenvalue weighted by Gasteiger charge is -2.12. The normalized spacial score (nSPS) is 37.8. The Morgan fingerprint density at radius 1 is 1.00 bits per heavy atom. The maximum Gasteiger partial charge on any atom is 0.0799 e. The monoisotopic (exact) mass is 173 g/mol. The fourth-order valence-corrected chi connectivity index (χ4v) is 1.87. The Bertz CT molecular complexity index is 118. The van der Waals surface area contributed by atoms with Gasteiger partial charge in [-0.05, 0) is 44.6 Å². The minimum Gasteiger partial charge on any atom is -0.390 e. The van der Waals surface area contributed by atoms with E-state index in [1.54, 1.807) is 0 Å². The number of hydrogen-bond donors (Lipinski definition) is 3. The second-order valence-corrected chi connectivity index (χ2v) is 3.73. The van der Waals surface area contributed by atoms with Crippen molar-refractivity contribution in [3.63, 3.8) is 0 Å². The third-order valence-corrected chi connectivity index (χ3v) is 2.76. The summed E-state index contributed by atoms with van der Waals surface area (Å²) in [6.07, 6.45) is 3.49. The fourth-order valence-electron chi connectivity index (χ4n) is 1.87. The molecule has 1 aliphatic rings. The molecule has 12 heavy (non-hydrogen) atoms. The van der Waals surface area contributed by atoms with E-state index in [1.165, 1.54) is 0 Å². The van der Waals surface area contributed by atoms with E-state index in [1.807, 2.05) is 0 Å².